The van der Waals surface area contributed by atoms with Crippen LogP contribution in [0.5, 0.6) is 5.88 Å². The van der Waals surface area contributed by atoms with E-state index in [1.165, 1.54) is 11.1 Å². The van der Waals surface area contributed by atoms with E-state index in [0.717, 1.165) is 32.2 Å². The first kappa shape index (κ1) is 21.8. The molecule has 1 saturated heterocycles. The Balaban J connectivity index is 1.30. The van der Waals surface area contributed by atoms with E-state index in [0.29, 0.717) is 31.1 Å². The smallest absolute Gasteiger partial charge is 0.274 e. The van der Waals surface area contributed by atoms with Gasteiger partial charge >= 0.3 is 0 Å². The summed E-state index contributed by atoms with van der Waals surface area (Å²) in [6.45, 7) is 3.76. The standard InChI is InChI=1S/C25H31N5O3/c1-3-33-22-11-10-19(27-28-22)24(32)30-14-13-25(12-6-9-21(25)30)26-23(31)20-15-17-7-4-5-8-18(17)16-29(20)2/h4-5,7-8,10-11,20-21H,3,6,9,12-16H2,1-2H3,(H,26,31)/t20-,21+,25-/m1/s1. The molecule has 2 aromatic rings. The van der Waals surface area contributed by atoms with E-state index < -0.39 is 0 Å². The number of nitrogens with zero attached hydrogens (tertiary/aromatic N) is 4. The highest BCUT2D eigenvalue weighted by atomic mass is 16.5. The van der Waals surface area contributed by atoms with Crippen LogP contribution in [-0.2, 0) is 17.8 Å². The Labute approximate surface area is 194 Å². The Morgan fingerprint density at radius 3 is 2.73 bits per heavy atom. The number of fused-ring (bicyclic) bond motifs is 2. The first-order valence-electron chi connectivity index (χ1n) is 11.9. The summed E-state index contributed by atoms with van der Waals surface area (Å²) in [6.07, 6.45) is 4.26. The van der Waals surface area contributed by atoms with Crippen LogP contribution in [0.1, 0.15) is 54.2 Å². The number of nitrogens with one attached hydrogen (secondary N) is 1. The summed E-state index contributed by atoms with van der Waals surface area (Å²) in [6, 6.07) is 11.5. The van der Waals surface area contributed by atoms with E-state index in [2.05, 4.69) is 32.5 Å². The Bertz CT molecular complexity index is 1040. The fourth-order valence-corrected chi connectivity index (χ4v) is 5.81. The highest BCUT2D eigenvalue weighted by Crippen LogP contribution is 2.42. The minimum absolute atomic E-state index is 0.0106. The average Bonchev–Trinajstić information content (AvgIpc) is 3.37. The monoisotopic (exact) mass is 449 g/mol. The van der Waals surface area contributed by atoms with Crippen LogP contribution in [0.15, 0.2) is 36.4 Å². The van der Waals surface area contributed by atoms with Crippen LogP contribution in [-0.4, -0.2) is 69.6 Å². The molecule has 174 valence electrons. The molecule has 2 aliphatic heterocycles. The highest BCUT2D eigenvalue weighted by molar-refractivity contribution is 5.93. The first-order chi connectivity index (χ1) is 16.0. The van der Waals surface area contributed by atoms with Crippen molar-refractivity contribution in [2.45, 2.75) is 63.2 Å². The van der Waals surface area contributed by atoms with Crippen LogP contribution in [0.2, 0.25) is 0 Å². The summed E-state index contributed by atoms with van der Waals surface area (Å²) < 4.78 is 5.33. The third-order valence-electron chi connectivity index (χ3n) is 7.48. The molecule has 0 unspecified atom stereocenters. The molecular formula is C25H31N5O3. The molecule has 0 spiro atoms. The van der Waals surface area contributed by atoms with Gasteiger partial charge in [0.05, 0.1) is 24.2 Å². The van der Waals surface area contributed by atoms with Crippen molar-refractivity contribution in [1.29, 1.82) is 0 Å². The van der Waals surface area contributed by atoms with Crippen LogP contribution >= 0.6 is 0 Å². The fourth-order valence-electron chi connectivity index (χ4n) is 5.81. The number of carbonyl (C=O) groups excluding carboxylic acids is 2. The van der Waals surface area contributed by atoms with Gasteiger partial charge in [0.2, 0.25) is 11.8 Å². The van der Waals surface area contributed by atoms with E-state index in [-0.39, 0.29) is 29.4 Å². The van der Waals surface area contributed by atoms with Crippen molar-refractivity contribution in [2.24, 2.45) is 0 Å². The molecule has 2 amide bonds. The molecule has 1 aromatic heterocycles. The number of benzene rings is 1. The fraction of sp³-hybridized carbons (Fsp3) is 0.520. The Hall–Kier alpha value is -3.00. The van der Waals surface area contributed by atoms with Gasteiger partial charge in [0.25, 0.3) is 5.91 Å². The van der Waals surface area contributed by atoms with Gasteiger partial charge in [-0.2, -0.15) is 0 Å². The summed E-state index contributed by atoms with van der Waals surface area (Å²) in [5, 5.41) is 11.5. The van der Waals surface area contributed by atoms with E-state index in [1.807, 2.05) is 31.0 Å². The molecule has 1 saturated carbocycles. The van der Waals surface area contributed by atoms with Crippen molar-refractivity contribution < 1.29 is 14.3 Å². The van der Waals surface area contributed by atoms with Crippen LogP contribution in [0.4, 0.5) is 0 Å². The van der Waals surface area contributed by atoms with Crippen LogP contribution < -0.4 is 10.1 Å². The van der Waals surface area contributed by atoms with Gasteiger partial charge < -0.3 is 15.0 Å². The maximum Gasteiger partial charge on any atom is 0.274 e. The Morgan fingerprint density at radius 2 is 1.97 bits per heavy atom. The number of ether oxygens (including phenoxy) is 1. The number of rotatable bonds is 5. The number of likely N-dealkylation sites (tertiary alicyclic amines) is 1. The number of hydrogen-bond donors (Lipinski definition) is 1. The van der Waals surface area contributed by atoms with Crippen molar-refractivity contribution in [2.75, 3.05) is 20.2 Å². The van der Waals surface area contributed by atoms with Gasteiger partial charge in [-0.25, -0.2) is 0 Å². The molecule has 8 heteroatoms. The topological polar surface area (TPSA) is 87.7 Å². The van der Waals surface area contributed by atoms with Crippen LogP contribution in [0.3, 0.4) is 0 Å². The lowest BCUT2D eigenvalue weighted by Gasteiger charge is -2.38. The number of aromatic nitrogens is 2. The third kappa shape index (κ3) is 3.97. The van der Waals surface area contributed by atoms with Gasteiger partial charge in [0.15, 0.2) is 5.69 Å². The SMILES string of the molecule is CCOc1ccc(C(=O)N2CC[C@]3(NC(=O)[C@H]4Cc5ccccc5CN4C)CCC[C@H]23)nn1. The van der Waals surface area contributed by atoms with Crippen molar-refractivity contribution in [3.63, 3.8) is 0 Å². The molecule has 0 radical (unpaired) electrons. The predicted molar refractivity (Wildman–Crippen MR) is 123 cm³/mol. The molecule has 5 rings (SSSR count). The molecule has 8 nitrogen and oxygen atoms in total. The first-order valence-corrected chi connectivity index (χ1v) is 11.9. The van der Waals surface area contributed by atoms with Gasteiger partial charge in [-0.05, 0) is 63.3 Å². The number of amides is 2. The normalized spacial score (nSPS) is 26.5. The summed E-state index contributed by atoms with van der Waals surface area (Å²) in [5.74, 6) is 0.350. The second kappa shape index (κ2) is 8.74. The van der Waals surface area contributed by atoms with Crippen LogP contribution in [0, 0.1) is 0 Å². The molecule has 3 atom stereocenters. The minimum Gasteiger partial charge on any atom is -0.477 e. The lowest BCUT2D eigenvalue weighted by Crippen LogP contribution is -2.59. The zero-order valence-corrected chi connectivity index (χ0v) is 19.3. The van der Waals surface area contributed by atoms with E-state index >= 15 is 0 Å². The third-order valence-corrected chi connectivity index (χ3v) is 7.48. The minimum atomic E-state index is -0.358. The van der Waals surface area contributed by atoms with Gasteiger partial charge in [-0.1, -0.05) is 24.3 Å². The summed E-state index contributed by atoms with van der Waals surface area (Å²) >= 11 is 0. The number of likely N-dealkylation sites (N-methyl/N-ethyl adjacent to an activating group) is 1. The van der Waals surface area contributed by atoms with Gasteiger partial charge in [-0.3, -0.25) is 14.5 Å². The predicted octanol–water partition coefficient (Wildman–Crippen LogP) is 2.19. The molecule has 3 aliphatic rings. The zero-order chi connectivity index (χ0) is 23.0. The van der Waals surface area contributed by atoms with Crippen molar-refractivity contribution in [3.8, 4) is 5.88 Å². The van der Waals surface area contributed by atoms with Crippen molar-refractivity contribution >= 4 is 11.8 Å². The van der Waals surface area contributed by atoms with Crippen LogP contribution in [0.25, 0.3) is 0 Å². The number of hydrogen-bond acceptors (Lipinski definition) is 6. The molecule has 1 aromatic carbocycles. The van der Waals surface area contributed by atoms with Crippen molar-refractivity contribution in [1.82, 2.24) is 25.3 Å². The maximum absolute atomic E-state index is 13.5. The molecule has 2 fully saturated rings. The second-order valence-electron chi connectivity index (χ2n) is 9.40. The quantitative estimate of drug-likeness (QED) is 0.753. The summed E-state index contributed by atoms with van der Waals surface area (Å²) in [7, 11) is 2.01. The van der Waals surface area contributed by atoms with E-state index in [1.54, 1.807) is 12.1 Å². The summed E-state index contributed by atoms with van der Waals surface area (Å²) in [5.41, 5.74) is 2.49. The second-order valence-corrected chi connectivity index (χ2v) is 9.40. The molecule has 1 N–H and O–H groups in total. The molecule has 1 aliphatic carbocycles. The number of carbonyl (C=O) groups is 2. The molecule has 33 heavy (non-hydrogen) atoms. The lowest BCUT2D eigenvalue weighted by atomic mass is 9.90. The molecule has 0 bridgehead atoms. The Morgan fingerprint density at radius 1 is 1.15 bits per heavy atom. The van der Waals surface area contributed by atoms with Gasteiger partial charge in [-0.15, -0.1) is 10.2 Å². The maximum atomic E-state index is 13.5. The van der Waals surface area contributed by atoms with Crippen molar-refractivity contribution in [3.05, 3.63) is 53.2 Å². The Kier molecular flexibility index (Phi) is 5.78. The zero-order valence-electron chi connectivity index (χ0n) is 19.3. The lowest BCUT2D eigenvalue weighted by molar-refractivity contribution is -0.128. The van der Waals surface area contributed by atoms with E-state index in [4.69, 9.17) is 4.74 Å². The largest absolute Gasteiger partial charge is 0.477 e. The highest BCUT2D eigenvalue weighted by Gasteiger charge is 2.53. The summed E-state index contributed by atoms with van der Waals surface area (Å²) in [4.78, 5) is 30.7. The molecular weight excluding hydrogens is 418 g/mol. The average molecular weight is 450 g/mol. The van der Waals surface area contributed by atoms with Gasteiger partial charge in [0.1, 0.15) is 0 Å². The van der Waals surface area contributed by atoms with Gasteiger partial charge in [0, 0.05) is 19.2 Å². The van der Waals surface area contributed by atoms with E-state index in [9.17, 15) is 9.59 Å². The molecule has 3 heterocycles.